The third-order valence-electron chi connectivity index (χ3n) is 2.21. The topological polar surface area (TPSA) is 127 Å². The molecule has 0 saturated carbocycles. The first-order chi connectivity index (χ1) is 8.75. The van der Waals surface area contributed by atoms with Gasteiger partial charge < -0.3 is 15.4 Å². The van der Waals surface area contributed by atoms with Gasteiger partial charge >= 0.3 is 5.82 Å². The summed E-state index contributed by atoms with van der Waals surface area (Å²) in [5, 5.41) is 28.7. The van der Waals surface area contributed by atoms with Crippen LogP contribution in [-0.2, 0) is 6.54 Å². The van der Waals surface area contributed by atoms with Crippen molar-refractivity contribution in [1.29, 1.82) is 0 Å². The number of aromatic nitrogens is 6. The average Bonchev–Trinajstić information content (AvgIpc) is 3.01. The van der Waals surface area contributed by atoms with Gasteiger partial charge in [0, 0.05) is 5.38 Å². The minimum Gasteiger partial charge on any atom is -0.358 e. The Morgan fingerprint density at radius 2 is 2.50 bits per heavy atom. The quantitative estimate of drug-likeness (QED) is 0.517. The van der Waals surface area contributed by atoms with Gasteiger partial charge in [0.2, 0.25) is 5.82 Å². The molecule has 0 bridgehead atoms. The van der Waals surface area contributed by atoms with Gasteiger partial charge in [-0.3, -0.25) is 0 Å². The molecule has 0 aromatic carbocycles. The summed E-state index contributed by atoms with van der Waals surface area (Å²) in [6, 6.07) is 0. The van der Waals surface area contributed by atoms with Crippen LogP contribution in [0.3, 0.4) is 0 Å². The summed E-state index contributed by atoms with van der Waals surface area (Å²) in [6.45, 7) is 0.210. The summed E-state index contributed by atoms with van der Waals surface area (Å²) in [4.78, 5) is 15.2. The normalized spacial score (nSPS) is 10.9. The van der Waals surface area contributed by atoms with E-state index >= 15 is 0 Å². The second-order valence-corrected chi connectivity index (χ2v) is 4.15. The van der Waals surface area contributed by atoms with Crippen LogP contribution >= 0.6 is 11.3 Å². The van der Waals surface area contributed by atoms with Crippen LogP contribution in [0.5, 0.6) is 0 Å². The van der Waals surface area contributed by atoms with Crippen LogP contribution in [0.1, 0.15) is 5.82 Å². The summed E-state index contributed by atoms with van der Waals surface area (Å²) in [6.07, 6.45) is 1.60. The van der Waals surface area contributed by atoms with Gasteiger partial charge in [-0.1, -0.05) is 16.6 Å². The minimum absolute atomic E-state index is 0.102. The molecule has 3 aromatic heterocycles. The smallest absolute Gasteiger partial charge is 0.358 e. The first kappa shape index (κ1) is 10.6. The molecule has 0 saturated heterocycles. The van der Waals surface area contributed by atoms with Crippen molar-refractivity contribution in [3.8, 4) is 0 Å². The molecule has 18 heavy (non-hydrogen) atoms. The maximum absolute atomic E-state index is 11.0. The number of fused-ring (bicyclic) bond motifs is 1. The van der Waals surface area contributed by atoms with Crippen molar-refractivity contribution in [2.24, 2.45) is 0 Å². The van der Waals surface area contributed by atoms with E-state index < -0.39 is 4.92 Å². The highest BCUT2D eigenvalue weighted by Gasteiger charge is 2.23. The number of nitro groups is 1. The summed E-state index contributed by atoms with van der Waals surface area (Å²) in [5.74, 6) is 0.493. The van der Waals surface area contributed by atoms with Crippen molar-refractivity contribution >= 4 is 27.9 Å². The Labute approximate surface area is 103 Å². The van der Waals surface area contributed by atoms with E-state index in [9.17, 15) is 10.1 Å². The number of imidazole rings is 1. The number of nitrogens with one attached hydrogen (secondary N) is 2. The third kappa shape index (κ3) is 1.66. The van der Waals surface area contributed by atoms with E-state index in [0.29, 0.717) is 10.8 Å². The monoisotopic (exact) mass is 266 g/mol. The highest BCUT2D eigenvalue weighted by Crippen LogP contribution is 2.27. The Kier molecular flexibility index (Phi) is 2.37. The van der Waals surface area contributed by atoms with Gasteiger partial charge in [-0.15, -0.1) is 10.2 Å². The van der Waals surface area contributed by atoms with Gasteiger partial charge in [-0.05, 0) is 4.92 Å². The number of aromatic amines is 1. The lowest BCUT2D eigenvalue weighted by atomic mass is 10.5. The van der Waals surface area contributed by atoms with E-state index in [4.69, 9.17) is 0 Å². The van der Waals surface area contributed by atoms with Gasteiger partial charge in [0.1, 0.15) is 6.20 Å². The van der Waals surface area contributed by atoms with Crippen molar-refractivity contribution in [1.82, 2.24) is 30.0 Å². The van der Waals surface area contributed by atoms with Crippen LogP contribution in [0.4, 0.5) is 11.6 Å². The largest absolute Gasteiger partial charge is 0.372 e. The zero-order valence-corrected chi connectivity index (χ0v) is 9.59. The molecule has 0 atom stereocenters. The fourth-order valence-electron chi connectivity index (χ4n) is 1.49. The second kappa shape index (κ2) is 4.03. The maximum Gasteiger partial charge on any atom is 0.372 e. The van der Waals surface area contributed by atoms with Gasteiger partial charge in [0.15, 0.2) is 5.82 Å². The van der Waals surface area contributed by atoms with Gasteiger partial charge in [0.05, 0.1) is 6.54 Å². The summed E-state index contributed by atoms with van der Waals surface area (Å²) in [5.41, 5.74) is 0. The number of nitrogens with zero attached hydrogens (tertiary/aromatic N) is 6. The van der Waals surface area contributed by atoms with Crippen LogP contribution in [0.15, 0.2) is 11.6 Å². The fourth-order valence-corrected chi connectivity index (χ4v) is 2.20. The van der Waals surface area contributed by atoms with Crippen molar-refractivity contribution in [2.75, 3.05) is 5.32 Å². The van der Waals surface area contributed by atoms with Crippen molar-refractivity contribution in [3.63, 3.8) is 0 Å². The molecule has 3 heterocycles. The standard InChI is InChI=1S/C7H6N8O2S/c16-15(17)6-5(8-3-4-10-12-13-11-4)9-7-14(6)1-2-18-7/h1-2,8H,3H2,(H,10,11,12,13). The Morgan fingerprint density at radius 1 is 1.61 bits per heavy atom. The predicted octanol–water partition coefficient (Wildman–Crippen LogP) is 0.429. The summed E-state index contributed by atoms with van der Waals surface area (Å²) in [7, 11) is 0. The molecule has 0 spiro atoms. The molecule has 11 heteroatoms. The van der Waals surface area contributed by atoms with Crippen LogP contribution in [0, 0.1) is 10.1 Å². The van der Waals surface area contributed by atoms with Crippen molar-refractivity contribution in [3.05, 3.63) is 27.5 Å². The SMILES string of the molecule is O=[N+]([O-])c1c(NCc2nn[nH]n2)nc2sccn12. The summed E-state index contributed by atoms with van der Waals surface area (Å²) >= 11 is 1.32. The highest BCUT2D eigenvalue weighted by molar-refractivity contribution is 7.15. The van der Waals surface area contributed by atoms with Crippen LogP contribution in [0.25, 0.3) is 4.96 Å². The van der Waals surface area contributed by atoms with E-state index in [2.05, 4.69) is 30.9 Å². The maximum atomic E-state index is 11.0. The van der Waals surface area contributed by atoms with E-state index in [1.165, 1.54) is 15.7 Å². The lowest BCUT2D eigenvalue weighted by molar-refractivity contribution is -0.389. The second-order valence-electron chi connectivity index (χ2n) is 3.28. The molecular formula is C7H6N8O2S. The summed E-state index contributed by atoms with van der Waals surface area (Å²) < 4.78 is 1.42. The highest BCUT2D eigenvalue weighted by atomic mass is 32.1. The molecule has 0 aliphatic carbocycles. The number of anilines is 1. The molecular weight excluding hydrogens is 260 g/mol. The molecule has 0 aliphatic heterocycles. The zero-order valence-electron chi connectivity index (χ0n) is 8.77. The van der Waals surface area contributed by atoms with Gasteiger partial charge in [-0.2, -0.15) is 14.6 Å². The number of H-pyrrole nitrogens is 1. The Bertz CT molecular complexity index is 686. The Hall–Kier alpha value is -2.56. The van der Waals surface area contributed by atoms with Crippen LogP contribution in [0.2, 0.25) is 0 Å². The average molecular weight is 266 g/mol. The van der Waals surface area contributed by atoms with Crippen molar-refractivity contribution in [2.45, 2.75) is 6.54 Å². The zero-order chi connectivity index (χ0) is 12.5. The molecule has 92 valence electrons. The number of hydrogen-bond donors (Lipinski definition) is 2. The van der Waals surface area contributed by atoms with E-state index in [1.54, 1.807) is 11.6 Å². The number of thiazole rings is 1. The lowest BCUT2D eigenvalue weighted by Crippen LogP contribution is -2.04. The lowest BCUT2D eigenvalue weighted by Gasteiger charge is -1.99. The minimum atomic E-state index is -0.481. The van der Waals surface area contributed by atoms with Gasteiger partial charge in [0.25, 0.3) is 4.96 Å². The molecule has 0 unspecified atom stereocenters. The first-order valence-corrected chi connectivity index (χ1v) is 5.70. The predicted molar refractivity (Wildman–Crippen MR) is 61.2 cm³/mol. The molecule has 0 aliphatic rings. The molecule has 2 N–H and O–H groups in total. The third-order valence-corrected chi connectivity index (χ3v) is 2.97. The van der Waals surface area contributed by atoms with Gasteiger partial charge in [-0.25, -0.2) is 0 Å². The van der Waals surface area contributed by atoms with Crippen LogP contribution < -0.4 is 5.32 Å². The van der Waals surface area contributed by atoms with Crippen molar-refractivity contribution < 1.29 is 4.92 Å². The van der Waals surface area contributed by atoms with E-state index in [-0.39, 0.29) is 18.2 Å². The molecule has 3 rings (SSSR count). The molecule has 0 radical (unpaired) electrons. The van der Waals surface area contributed by atoms with E-state index in [0.717, 1.165) is 0 Å². The fraction of sp³-hybridized carbons (Fsp3) is 0.143. The first-order valence-electron chi connectivity index (χ1n) is 4.82. The number of rotatable bonds is 4. The van der Waals surface area contributed by atoms with Crippen LogP contribution in [-0.4, -0.2) is 34.9 Å². The Balaban J connectivity index is 1.93. The molecule has 0 fully saturated rings. The Morgan fingerprint density at radius 3 is 3.22 bits per heavy atom. The molecule has 0 amide bonds. The molecule has 10 nitrogen and oxygen atoms in total. The molecule has 3 aromatic rings. The number of hydrogen-bond acceptors (Lipinski definition) is 8. The van der Waals surface area contributed by atoms with E-state index in [1.807, 2.05) is 0 Å². The number of tetrazole rings is 1.